The zero-order chi connectivity index (χ0) is 18.0. The summed E-state index contributed by atoms with van der Waals surface area (Å²) in [4.78, 5) is 0. The minimum absolute atomic E-state index is 0.396. The molecule has 6 N–H and O–H groups in total. The Morgan fingerprint density at radius 2 is 1.33 bits per heavy atom. The minimum atomic E-state index is -1.49. The Morgan fingerprint density at radius 1 is 0.792 bits per heavy atom. The van der Waals surface area contributed by atoms with Gasteiger partial charge in [-0.25, -0.2) is 0 Å². The van der Waals surface area contributed by atoms with Crippen LogP contribution in [0.4, 0.5) is 0 Å². The van der Waals surface area contributed by atoms with Gasteiger partial charge in [-0.3, -0.25) is 0 Å². The van der Waals surface area contributed by atoms with Gasteiger partial charge >= 0.3 is 0 Å². The Labute approximate surface area is 139 Å². The summed E-state index contributed by atoms with van der Waals surface area (Å²) in [5.41, 5.74) is 0. The first-order valence-corrected chi connectivity index (χ1v) is 7.78. The molecule has 142 valence electrons. The van der Waals surface area contributed by atoms with Crippen molar-refractivity contribution >= 4 is 0 Å². The fourth-order valence-electron chi connectivity index (χ4n) is 2.96. The molecule has 0 aliphatic carbocycles. The van der Waals surface area contributed by atoms with Crippen LogP contribution in [0.2, 0.25) is 0 Å². The lowest BCUT2D eigenvalue weighted by atomic mass is 9.91. The molecule has 2 rings (SSSR count). The van der Waals surface area contributed by atoms with Gasteiger partial charge in [-0.05, 0) is 0 Å². The molecule has 2 fully saturated rings. The number of ether oxygens (including phenoxy) is 4. The number of rotatable bonds is 5. The molecule has 2 heterocycles. The summed E-state index contributed by atoms with van der Waals surface area (Å²) in [5, 5.41) is 59.0. The lowest BCUT2D eigenvalue weighted by Gasteiger charge is -2.46. The lowest BCUT2D eigenvalue weighted by Crippen LogP contribution is -2.63. The smallest absolute Gasteiger partial charge is 0.187 e. The maximum absolute atomic E-state index is 10.2. The number of methoxy groups -OCH3 is 1. The number of hydrogen-bond acceptors (Lipinski definition) is 10. The molecular formula is C14H26O10. The van der Waals surface area contributed by atoms with Crippen molar-refractivity contribution in [2.45, 2.75) is 62.2 Å². The molecule has 0 aromatic heterocycles. The van der Waals surface area contributed by atoms with E-state index >= 15 is 0 Å². The Bertz CT molecular complexity index is 392. The van der Waals surface area contributed by atoms with Crippen LogP contribution >= 0.6 is 0 Å². The zero-order valence-electron chi connectivity index (χ0n) is 13.5. The van der Waals surface area contributed by atoms with Crippen LogP contribution in [0, 0.1) is 5.92 Å². The van der Waals surface area contributed by atoms with Gasteiger partial charge in [0.15, 0.2) is 12.6 Å². The van der Waals surface area contributed by atoms with Gasteiger partial charge in [0.05, 0.1) is 25.4 Å². The predicted octanol–water partition coefficient (Wildman–Crippen LogP) is -3.47. The van der Waals surface area contributed by atoms with Gasteiger partial charge in [-0.15, -0.1) is 0 Å². The van der Waals surface area contributed by atoms with E-state index in [1.165, 1.54) is 7.11 Å². The standard InChI is InChI=1S/C14H26O10/c1-5-6(3-15)22-14(10(19)8(5)17)24-12-7(4-16)23-13(21-2)11(20)9(12)18/h5-20H,3-4H2,1-2H3/t5-,6?,7?,8+,9?,10?,11-,12+,13+,14+/m1/s1. The maximum Gasteiger partial charge on any atom is 0.187 e. The molecule has 0 saturated carbocycles. The summed E-state index contributed by atoms with van der Waals surface area (Å²) >= 11 is 0. The minimum Gasteiger partial charge on any atom is -0.394 e. The molecule has 2 aliphatic heterocycles. The second-order valence-electron chi connectivity index (χ2n) is 6.11. The second-order valence-corrected chi connectivity index (χ2v) is 6.11. The van der Waals surface area contributed by atoms with Crippen LogP contribution in [-0.2, 0) is 18.9 Å². The first kappa shape index (κ1) is 19.9. The highest BCUT2D eigenvalue weighted by Crippen LogP contribution is 2.31. The largest absolute Gasteiger partial charge is 0.394 e. The molecule has 0 aromatic rings. The molecule has 0 radical (unpaired) electrons. The lowest BCUT2D eigenvalue weighted by molar-refractivity contribution is -0.353. The second kappa shape index (κ2) is 8.32. The fraction of sp³-hybridized carbons (Fsp3) is 1.00. The van der Waals surface area contributed by atoms with Crippen LogP contribution in [0.1, 0.15) is 6.92 Å². The first-order chi connectivity index (χ1) is 11.3. The number of hydrogen-bond donors (Lipinski definition) is 6. The average molecular weight is 354 g/mol. The van der Waals surface area contributed by atoms with Gasteiger partial charge in [0, 0.05) is 13.0 Å². The topological polar surface area (TPSA) is 158 Å². The highest BCUT2D eigenvalue weighted by atomic mass is 16.7. The van der Waals surface area contributed by atoms with Crippen LogP contribution in [0.3, 0.4) is 0 Å². The van der Waals surface area contributed by atoms with Crippen molar-refractivity contribution in [2.75, 3.05) is 20.3 Å². The van der Waals surface area contributed by atoms with Crippen molar-refractivity contribution in [1.29, 1.82) is 0 Å². The summed E-state index contributed by atoms with van der Waals surface area (Å²) in [6, 6.07) is 0. The van der Waals surface area contributed by atoms with Crippen LogP contribution in [-0.4, -0.2) is 106 Å². The maximum atomic E-state index is 10.2. The summed E-state index contributed by atoms with van der Waals surface area (Å²) in [6.45, 7) is 0.666. The van der Waals surface area contributed by atoms with Gasteiger partial charge in [0.25, 0.3) is 0 Å². The van der Waals surface area contributed by atoms with Gasteiger partial charge < -0.3 is 49.6 Å². The monoisotopic (exact) mass is 354 g/mol. The molecule has 2 aliphatic rings. The molecule has 0 bridgehead atoms. The molecule has 2 saturated heterocycles. The van der Waals surface area contributed by atoms with E-state index in [4.69, 9.17) is 18.9 Å². The predicted molar refractivity (Wildman–Crippen MR) is 76.6 cm³/mol. The molecule has 10 heteroatoms. The molecule has 10 nitrogen and oxygen atoms in total. The quantitative estimate of drug-likeness (QED) is 0.293. The summed E-state index contributed by atoms with van der Waals surface area (Å²) < 4.78 is 21.1. The Balaban J connectivity index is 2.12. The van der Waals surface area contributed by atoms with Crippen LogP contribution < -0.4 is 0 Å². The first-order valence-electron chi connectivity index (χ1n) is 7.78. The van der Waals surface area contributed by atoms with Crippen molar-refractivity contribution < 1.29 is 49.6 Å². The molecular weight excluding hydrogens is 328 g/mol. The van der Waals surface area contributed by atoms with E-state index in [0.717, 1.165) is 0 Å². The van der Waals surface area contributed by atoms with E-state index in [-0.39, 0.29) is 0 Å². The van der Waals surface area contributed by atoms with E-state index in [1.807, 2.05) is 0 Å². The van der Waals surface area contributed by atoms with E-state index in [0.29, 0.717) is 0 Å². The van der Waals surface area contributed by atoms with Crippen molar-refractivity contribution in [2.24, 2.45) is 5.92 Å². The van der Waals surface area contributed by atoms with E-state index in [2.05, 4.69) is 0 Å². The summed E-state index contributed by atoms with van der Waals surface area (Å²) in [7, 11) is 1.27. The average Bonchev–Trinajstić information content (AvgIpc) is 2.59. The van der Waals surface area contributed by atoms with Crippen molar-refractivity contribution in [3.8, 4) is 0 Å². The summed E-state index contributed by atoms with van der Waals surface area (Å²) in [5.74, 6) is -0.533. The summed E-state index contributed by atoms with van der Waals surface area (Å²) in [6.07, 6.45) is -11.2. The number of aliphatic hydroxyl groups excluding tert-OH is 6. The molecule has 4 unspecified atom stereocenters. The third-order valence-electron chi connectivity index (χ3n) is 4.59. The van der Waals surface area contributed by atoms with Gasteiger partial charge in [0.1, 0.15) is 30.5 Å². The van der Waals surface area contributed by atoms with Crippen molar-refractivity contribution in [3.05, 3.63) is 0 Å². The van der Waals surface area contributed by atoms with Crippen molar-refractivity contribution in [3.63, 3.8) is 0 Å². The van der Waals surface area contributed by atoms with Crippen LogP contribution in [0.25, 0.3) is 0 Å². The Kier molecular flexibility index (Phi) is 6.90. The third-order valence-corrected chi connectivity index (χ3v) is 4.59. The van der Waals surface area contributed by atoms with Gasteiger partial charge in [-0.1, -0.05) is 6.92 Å². The fourth-order valence-corrected chi connectivity index (χ4v) is 2.96. The normalized spacial score (nSPS) is 50.0. The van der Waals surface area contributed by atoms with E-state index in [9.17, 15) is 30.6 Å². The molecule has 0 aromatic carbocycles. The van der Waals surface area contributed by atoms with E-state index in [1.54, 1.807) is 6.92 Å². The zero-order valence-corrected chi connectivity index (χ0v) is 13.5. The van der Waals surface area contributed by atoms with Crippen LogP contribution in [0.15, 0.2) is 0 Å². The molecule has 0 spiro atoms. The van der Waals surface area contributed by atoms with Gasteiger partial charge in [-0.2, -0.15) is 0 Å². The van der Waals surface area contributed by atoms with Gasteiger partial charge in [0.2, 0.25) is 0 Å². The molecule has 24 heavy (non-hydrogen) atoms. The highest BCUT2D eigenvalue weighted by Gasteiger charge is 2.49. The Morgan fingerprint density at radius 3 is 1.88 bits per heavy atom. The Hall–Kier alpha value is -0.400. The third kappa shape index (κ3) is 3.73. The number of aliphatic hydroxyl groups is 6. The van der Waals surface area contributed by atoms with Crippen LogP contribution in [0.5, 0.6) is 0 Å². The molecule has 0 amide bonds. The van der Waals surface area contributed by atoms with Crippen molar-refractivity contribution in [1.82, 2.24) is 0 Å². The van der Waals surface area contributed by atoms with E-state index < -0.39 is 74.4 Å². The molecule has 10 atom stereocenters. The highest BCUT2D eigenvalue weighted by molar-refractivity contribution is 4.93. The SMILES string of the molecule is CO[C@H]1OC(CO)[C@H](O[C@@H]2OC(CO)[C@@H](C)[C@H](O)C2O)C(O)[C@H]1O.